The van der Waals surface area contributed by atoms with Gasteiger partial charge in [-0.25, -0.2) is 4.79 Å². The van der Waals surface area contributed by atoms with E-state index in [1.807, 2.05) is 6.92 Å². The van der Waals surface area contributed by atoms with E-state index in [4.69, 9.17) is 11.6 Å². The summed E-state index contributed by atoms with van der Waals surface area (Å²) >= 11 is 9.34. The predicted molar refractivity (Wildman–Crippen MR) is 98.6 cm³/mol. The first-order valence-corrected chi connectivity index (χ1v) is 8.85. The molecule has 6 nitrogen and oxygen atoms in total. The Kier molecular flexibility index (Phi) is 6.61. The summed E-state index contributed by atoms with van der Waals surface area (Å²) < 4.78 is 4.89. The van der Waals surface area contributed by atoms with Crippen molar-refractivity contribution in [3.05, 3.63) is 39.3 Å². The number of ether oxygens (including phenoxy) is 1. The molecule has 8 heteroatoms. The quantitative estimate of drug-likeness (QED) is 0.537. The molecule has 0 heterocycles. The second-order valence-corrected chi connectivity index (χ2v) is 7.05. The molecule has 1 fully saturated rings. The molecular weight excluding hydrogens is 412 g/mol. The number of hydrogen-bond acceptors (Lipinski definition) is 4. The van der Waals surface area contributed by atoms with Crippen molar-refractivity contribution in [2.75, 3.05) is 12.4 Å². The summed E-state index contributed by atoms with van der Waals surface area (Å²) in [6.07, 6.45) is 4.22. The minimum atomic E-state index is -0.651. The maximum absolute atomic E-state index is 12.6. The van der Waals surface area contributed by atoms with Gasteiger partial charge in [-0.1, -0.05) is 11.6 Å². The number of carbonyl (C=O) groups excluding carboxylic acids is 3. The number of hydrogen-bond donors (Lipinski definition) is 2. The molecule has 0 saturated heterocycles. The van der Waals surface area contributed by atoms with E-state index in [2.05, 4.69) is 31.3 Å². The normalized spacial score (nSPS) is 14.9. The van der Waals surface area contributed by atoms with Crippen LogP contribution in [-0.4, -0.2) is 30.9 Å². The summed E-state index contributed by atoms with van der Waals surface area (Å²) in [5, 5.41) is 5.87. The lowest BCUT2D eigenvalue weighted by atomic mass is 10.1. The third-order valence-corrected chi connectivity index (χ3v) is 4.65. The molecule has 1 aromatic carbocycles. The summed E-state index contributed by atoms with van der Waals surface area (Å²) in [6, 6.07) is 3.11. The fourth-order valence-electron chi connectivity index (χ4n) is 2.25. The maximum atomic E-state index is 12.6. The van der Waals surface area contributed by atoms with E-state index in [0.717, 1.165) is 25.0 Å². The molecule has 0 aromatic heterocycles. The highest BCUT2D eigenvalue weighted by molar-refractivity contribution is 9.10. The highest BCUT2D eigenvalue weighted by Crippen LogP contribution is 2.34. The van der Waals surface area contributed by atoms with Crippen LogP contribution in [0.2, 0.25) is 5.02 Å². The van der Waals surface area contributed by atoms with E-state index in [1.165, 1.54) is 13.2 Å². The smallest absolute Gasteiger partial charge is 0.330 e. The Hall–Kier alpha value is -1.86. The van der Waals surface area contributed by atoms with Gasteiger partial charge in [-0.3, -0.25) is 9.59 Å². The number of amides is 2. The zero-order valence-corrected chi connectivity index (χ0v) is 16.1. The molecule has 1 aliphatic carbocycles. The second kappa shape index (κ2) is 8.49. The van der Waals surface area contributed by atoms with E-state index in [0.29, 0.717) is 15.4 Å². The van der Waals surface area contributed by atoms with Gasteiger partial charge in [0.2, 0.25) is 5.91 Å². The van der Waals surface area contributed by atoms with Crippen LogP contribution >= 0.6 is 27.5 Å². The molecule has 25 heavy (non-hydrogen) atoms. The lowest BCUT2D eigenvalue weighted by Crippen LogP contribution is -2.34. The van der Waals surface area contributed by atoms with Gasteiger partial charge in [0.15, 0.2) is 0 Å². The fraction of sp³-hybridized carbons (Fsp3) is 0.353. The first-order valence-electron chi connectivity index (χ1n) is 7.68. The standard InChI is InChI=1S/C17H18BrClN2O4/c1-9(10-3-4-10)20-17(24)12-7-11(19)8-13(18)16(12)21-14(22)5-6-15(23)25-2/h5-10H,3-4H2,1-2H3,(H,20,24)(H,21,22)/b6-5+. The van der Waals surface area contributed by atoms with E-state index in [-0.39, 0.29) is 23.2 Å². The van der Waals surface area contributed by atoms with Crippen molar-refractivity contribution in [3.63, 3.8) is 0 Å². The van der Waals surface area contributed by atoms with Crippen LogP contribution in [0.1, 0.15) is 30.1 Å². The minimum absolute atomic E-state index is 0.0491. The highest BCUT2D eigenvalue weighted by Gasteiger charge is 2.30. The number of methoxy groups -OCH3 is 1. The van der Waals surface area contributed by atoms with Crippen LogP contribution in [0.15, 0.2) is 28.8 Å². The number of carbonyl (C=O) groups is 3. The van der Waals surface area contributed by atoms with Crippen LogP contribution in [0.4, 0.5) is 5.69 Å². The molecule has 1 atom stereocenters. The summed E-state index contributed by atoms with van der Waals surface area (Å²) in [6.45, 7) is 1.95. The van der Waals surface area contributed by atoms with Gasteiger partial charge >= 0.3 is 5.97 Å². The first kappa shape index (κ1) is 19.5. The Labute approximate surface area is 159 Å². The zero-order valence-electron chi connectivity index (χ0n) is 13.8. The molecule has 2 amide bonds. The van der Waals surface area contributed by atoms with Crippen LogP contribution in [-0.2, 0) is 14.3 Å². The van der Waals surface area contributed by atoms with Crippen LogP contribution in [0.5, 0.6) is 0 Å². The number of nitrogens with one attached hydrogen (secondary N) is 2. The molecule has 134 valence electrons. The summed E-state index contributed by atoms with van der Waals surface area (Å²) in [7, 11) is 1.21. The largest absolute Gasteiger partial charge is 0.466 e. The molecule has 0 radical (unpaired) electrons. The van der Waals surface area contributed by atoms with E-state index in [9.17, 15) is 14.4 Å². The van der Waals surface area contributed by atoms with Crippen molar-refractivity contribution >= 4 is 51.0 Å². The minimum Gasteiger partial charge on any atom is -0.466 e. The molecule has 1 aromatic rings. The Bertz CT molecular complexity index is 732. The van der Waals surface area contributed by atoms with Crippen LogP contribution in [0, 0.1) is 5.92 Å². The Morgan fingerprint density at radius 3 is 2.60 bits per heavy atom. The number of halogens is 2. The van der Waals surface area contributed by atoms with Crippen LogP contribution in [0.25, 0.3) is 0 Å². The average molecular weight is 430 g/mol. The van der Waals surface area contributed by atoms with Crippen molar-refractivity contribution in [2.45, 2.75) is 25.8 Å². The lowest BCUT2D eigenvalue weighted by Gasteiger charge is -2.16. The lowest BCUT2D eigenvalue weighted by molar-refractivity contribution is -0.135. The van der Waals surface area contributed by atoms with E-state index in [1.54, 1.807) is 6.07 Å². The van der Waals surface area contributed by atoms with Crippen LogP contribution in [0.3, 0.4) is 0 Å². The molecule has 0 aliphatic heterocycles. The Morgan fingerprint density at radius 2 is 2.00 bits per heavy atom. The highest BCUT2D eigenvalue weighted by atomic mass is 79.9. The average Bonchev–Trinajstić information content (AvgIpc) is 3.39. The van der Waals surface area contributed by atoms with Crippen LogP contribution < -0.4 is 10.6 Å². The number of esters is 1. The Morgan fingerprint density at radius 1 is 1.32 bits per heavy atom. The fourth-order valence-corrected chi connectivity index (χ4v) is 3.16. The van der Waals surface area contributed by atoms with Gasteiger partial charge in [-0.15, -0.1) is 0 Å². The van der Waals surface area contributed by atoms with Crippen molar-refractivity contribution < 1.29 is 19.1 Å². The topological polar surface area (TPSA) is 84.5 Å². The molecule has 0 spiro atoms. The van der Waals surface area contributed by atoms with Crippen molar-refractivity contribution in [1.29, 1.82) is 0 Å². The molecule has 2 N–H and O–H groups in total. The SMILES string of the molecule is COC(=O)/C=C/C(=O)Nc1c(Br)cc(Cl)cc1C(=O)NC(C)C1CC1. The maximum Gasteiger partial charge on any atom is 0.330 e. The number of anilines is 1. The zero-order chi connectivity index (χ0) is 18.6. The summed E-state index contributed by atoms with van der Waals surface area (Å²) in [4.78, 5) is 35.6. The van der Waals surface area contributed by atoms with Crippen molar-refractivity contribution in [1.82, 2.24) is 5.32 Å². The second-order valence-electron chi connectivity index (χ2n) is 5.76. The molecule has 0 bridgehead atoms. The molecule has 1 unspecified atom stereocenters. The number of benzene rings is 1. The van der Waals surface area contributed by atoms with Gasteiger partial charge in [0.05, 0.1) is 18.4 Å². The van der Waals surface area contributed by atoms with E-state index >= 15 is 0 Å². The predicted octanol–water partition coefficient (Wildman–Crippen LogP) is 3.30. The Balaban J connectivity index is 2.21. The van der Waals surface area contributed by atoms with Gasteiger partial charge in [-0.2, -0.15) is 0 Å². The number of rotatable bonds is 6. The molecule has 2 rings (SSSR count). The van der Waals surface area contributed by atoms with Gasteiger partial charge in [0, 0.05) is 27.7 Å². The van der Waals surface area contributed by atoms with Gasteiger partial charge in [0.1, 0.15) is 0 Å². The molecule has 1 saturated carbocycles. The van der Waals surface area contributed by atoms with Crippen molar-refractivity contribution in [3.8, 4) is 0 Å². The van der Waals surface area contributed by atoms with Gasteiger partial charge < -0.3 is 15.4 Å². The third kappa shape index (κ3) is 5.57. The first-order chi connectivity index (χ1) is 11.8. The third-order valence-electron chi connectivity index (χ3n) is 3.81. The molecule has 1 aliphatic rings. The van der Waals surface area contributed by atoms with Gasteiger partial charge in [-0.05, 0) is 53.7 Å². The summed E-state index contributed by atoms with van der Waals surface area (Å²) in [5.41, 5.74) is 0.524. The molecular formula is C17H18BrClN2O4. The van der Waals surface area contributed by atoms with Gasteiger partial charge in [0.25, 0.3) is 5.91 Å². The monoisotopic (exact) mass is 428 g/mol. The van der Waals surface area contributed by atoms with Crippen molar-refractivity contribution in [2.24, 2.45) is 5.92 Å². The summed E-state index contributed by atoms with van der Waals surface area (Å²) in [5.74, 6) is -1.05. The van der Waals surface area contributed by atoms with E-state index < -0.39 is 11.9 Å².